The van der Waals surface area contributed by atoms with Crippen LogP contribution in [0.1, 0.15) is 28.0 Å². The molecule has 3 nitrogen and oxygen atoms in total. The van der Waals surface area contributed by atoms with Crippen molar-refractivity contribution in [1.29, 1.82) is 0 Å². The molecule has 2 aromatic heterocycles. The molecule has 0 amide bonds. The van der Waals surface area contributed by atoms with Crippen molar-refractivity contribution >= 4 is 21.9 Å². The van der Waals surface area contributed by atoms with Crippen LogP contribution in [0.3, 0.4) is 0 Å². The predicted molar refractivity (Wildman–Crippen MR) is 95.7 cm³/mol. The molecule has 0 N–H and O–H groups in total. The van der Waals surface area contributed by atoms with Crippen LogP contribution in [0.2, 0.25) is 0 Å². The third-order valence-electron chi connectivity index (χ3n) is 4.81. The average molecular weight is 318 g/mol. The molecule has 0 unspecified atom stereocenters. The van der Waals surface area contributed by atoms with E-state index in [2.05, 4.69) is 6.07 Å². The van der Waals surface area contributed by atoms with Gasteiger partial charge in [0, 0.05) is 28.8 Å². The maximum atomic E-state index is 12.5. The van der Waals surface area contributed by atoms with Crippen molar-refractivity contribution in [3.63, 3.8) is 0 Å². The fourth-order valence-electron chi connectivity index (χ4n) is 3.23. The van der Waals surface area contributed by atoms with Gasteiger partial charge >= 0.3 is 5.63 Å². The molecule has 0 saturated heterocycles. The van der Waals surface area contributed by atoms with Gasteiger partial charge in [-0.2, -0.15) is 0 Å². The smallest absolute Gasteiger partial charge is 0.340 e. The summed E-state index contributed by atoms with van der Waals surface area (Å²) in [5, 5.41) is 2.04. The predicted octanol–water partition coefficient (Wildman–Crippen LogP) is 5.06. The second-order valence-corrected chi connectivity index (χ2v) is 6.28. The highest BCUT2D eigenvalue weighted by Gasteiger charge is 2.15. The molecular weight excluding hydrogens is 300 g/mol. The first-order valence-electron chi connectivity index (χ1n) is 8.04. The van der Waals surface area contributed by atoms with E-state index >= 15 is 0 Å². The SMILES string of the molecule is Cc1oc2cc3oc(=O)c(Cc4ccccc4)c(C)c3cc2c1C. The van der Waals surface area contributed by atoms with Crippen molar-refractivity contribution in [3.8, 4) is 0 Å². The third-order valence-corrected chi connectivity index (χ3v) is 4.81. The van der Waals surface area contributed by atoms with Crippen LogP contribution in [0.4, 0.5) is 0 Å². The van der Waals surface area contributed by atoms with Gasteiger partial charge in [0.25, 0.3) is 0 Å². The van der Waals surface area contributed by atoms with Crippen molar-refractivity contribution in [2.24, 2.45) is 0 Å². The normalized spacial score (nSPS) is 11.5. The Balaban J connectivity index is 1.97. The van der Waals surface area contributed by atoms with Crippen LogP contribution >= 0.6 is 0 Å². The molecule has 4 aromatic rings. The highest BCUT2D eigenvalue weighted by atomic mass is 16.4. The Morgan fingerprint density at radius 2 is 1.50 bits per heavy atom. The van der Waals surface area contributed by atoms with E-state index in [4.69, 9.17) is 8.83 Å². The van der Waals surface area contributed by atoms with Crippen LogP contribution in [0.15, 0.2) is 56.1 Å². The topological polar surface area (TPSA) is 43.4 Å². The lowest BCUT2D eigenvalue weighted by Crippen LogP contribution is -2.10. The Morgan fingerprint density at radius 3 is 2.25 bits per heavy atom. The van der Waals surface area contributed by atoms with E-state index in [1.807, 2.05) is 57.2 Å². The van der Waals surface area contributed by atoms with Gasteiger partial charge in [0.1, 0.15) is 16.9 Å². The summed E-state index contributed by atoms with van der Waals surface area (Å²) in [6.07, 6.45) is 0.576. The molecule has 2 heterocycles. The molecule has 24 heavy (non-hydrogen) atoms. The number of fused-ring (bicyclic) bond motifs is 2. The number of hydrogen-bond donors (Lipinski definition) is 0. The summed E-state index contributed by atoms with van der Waals surface area (Å²) < 4.78 is 11.3. The fraction of sp³-hybridized carbons (Fsp3) is 0.190. The maximum absolute atomic E-state index is 12.5. The summed E-state index contributed by atoms with van der Waals surface area (Å²) in [5.74, 6) is 0.893. The fourth-order valence-corrected chi connectivity index (χ4v) is 3.23. The summed E-state index contributed by atoms with van der Waals surface area (Å²) in [4.78, 5) is 12.5. The van der Waals surface area contributed by atoms with Crippen LogP contribution in [0.5, 0.6) is 0 Å². The largest absolute Gasteiger partial charge is 0.461 e. The minimum Gasteiger partial charge on any atom is -0.461 e. The van der Waals surface area contributed by atoms with Gasteiger partial charge in [0.15, 0.2) is 0 Å². The average Bonchev–Trinajstić information content (AvgIpc) is 2.85. The van der Waals surface area contributed by atoms with E-state index in [0.717, 1.165) is 38.8 Å². The molecule has 0 saturated carbocycles. The standard InChI is InChI=1S/C21H18O3/c1-12-14(3)23-19-11-20-17(10-16(12)19)13(2)18(21(22)24-20)9-15-7-5-4-6-8-15/h4-8,10-11H,9H2,1-3H3. The Hall–Kier alpha value is -2.81. The van der Waals surface area contributed by atoms with E-state index in [9.17, 15) is 4.79 Å². The lowest BCUT2D eigenvalue weighted by molar-refractivity contribution is 0.547. The van der Waals surface area contributed by atoms with Gasteiger partial charge in [-0.3, -0.25) is 0 Å². The maximum Gasteiger partial charge on any atom is 0.340 e. The molecule has 0 fully saturated rings. The Labute approximate surface area is 139 Å². The second-order valence-electron chi connectivity index (χ2n) is 6.28. The van der Waals surface area contributed by atoms with Crippen LogP contribution < -0.4 is 5.63 Å². The van der Waals surface area contributed by atoms with Crippen LogP contribution in [0, 0.1) is 20.8 Å². The van der Waals surface area contributed by atoms with E-state index < -0.39 is 0 Å². The number of rotatable bonds is 2. The zero-order valence-corrected chi connectivity index (χ0v) is 14.0. The van der Waals surface area contributed by atoms with Gasteiger partial charge in [-0.05, 0) is 43.5 Å². The van der Waals surface area contributed by atoms with Gasteiger partial charge in [-0.25, -0.2) is 4.79 Å². The summed E-state index contributed by atoms with van der Waals surface area (Å²) in [6.45, 7) is 5.99. The molecule has 3 heteroatoms. The molecular formula is C21H18O3. The van der Waals surface area contributed by atoms with Crippen molar-refractivity contribution in [2.45, 2.75) is 27.2 Å². The lowest BCUT2D eigenvalue weighted by atomic mass is 9.98. The highest BCUT2D eigenvalue weighted by molar-refractivity contribution is 5.96. The van der Waals surface area contributed by atoms with Gasteiger partial charge in [-0.1, -0.05) is 30.3 Å². The molecule has 0 radical (unpaired) electrons. The summed E-state index contributed by atoms with van der Waals surface area (Å²) in [6, 6.07) is 13.9. The zero-order valence-electron chi connectivity index (χ0n) is 14.0. The van der Waals surface area contributed by atoms with E-state index in [-0.39, 0.29) is 5.63 Å². The van der Waals surface area contributed by atoms with Gasteiger partial charge in [0.2, 0.25) is 0 Å². The molecule has 0 spiro atoms. The number of benzene rings is 2. The zero-order chi connectivity index (χ0) is 16.8. The monoisotopic (exact) mass is 318 g/mol. The summed E-state index contributed by atoms with van der Waals surface area (Å²) in [5.41, 5.74) is 4.98. The first-order valence-corrected chi connectivity index (χ1v) is 8.04. The Bertz CT molecular complexity index is 1110. The first-order chi connectivity index (χ1) is 11.5. The molecule has 0 atom stereocenters. The number of hydrogen-bond acceptors (Lipinski definition) is 3. The van der Waals surface area contributed by atoms with Crippen molar-refractivity contribution in [2.75, 3.05) is 0 Å². The lowest BCUT2D eigenvalue weighted by Gasteiger charge is -2.08. The highest BCUT2D eigenvalue weighted by Crippen LogP contribution is 2.31. The Kier molecular flexibility index (Phi) is 3.31. The molecule has 0 aliphatic heterocycles. The van der Waals surface area contributed by atoms with Crippen molar-refractivity contribution in [1.82, 2.24) is 0 Å². The molecule has 0 aliphatic carbocycles. The van der Waals surface area contributed by atoms with Crippen LogP contribution in [0.25, 0.3) is 21.9 Å². The van der Waals surface area contributed by atoms with E-state index in [0.29, 0.717) is 17.6 Å². The van der Waals surface area contributed by atoms with Crippen molar-refractivity contribution in [3.05, 3.63) is 80.9 Å². The summed E-state index contributed by atoms with van der Waals surface area (Å²) >= 11 is 0. The third kappa shape index (κ3) is 2.24. The first kappa shape index (κ1) is 14.8. The van der Waals surface area contributed by atoms with Crippen LogP contribution in [-0.4, -0.2) is 0 Å². The molecule has 0 aliphatic rings. The second kappa shape index (κ2) is 5.38. The van der Waals surface area contributed by atoms with Gasteiger partial charge in [0.05, 0.1) is 0 Å². The Morgan fingerprint density at radius 1 is 0.833 bits per heavy atom. The number of aryl methyl sites for hydroxylation is 3. The molecule has 120 valence electrons. The molecule has 2 aromatic carbocycles. The van der Waals surface area contributed by atoms with Crippen LogP contribution in [-0.2, 0) is 6.42 Å². The van der Waals surface area contributed by atoms with Gasteiger partial charge in [-0.15, -0.1) is 0 Å². The van der Waals surface area contributed by atoms with E-state index in [1.165, 1.54) is 0 Å². The quantitative estimate of drug-likeness (QED) is 0.485. The van der Waals surface area contributed by atoms with E-state index in [1.54, 1.807) is 0 Å². The molecule has 4 rings (SSSR count). The number of furan rings is 1. The summed E-state index contributed by atoms with van der Waals surface area (Å²) in [7, 11) is 0. The minimum absolute atomic E-state index is 0.275. The minimum atomic E-state index is -0.275. The van der Waals surface area contributed by atoms with Gasteiger partial charge < -0.3 is 8.83 Å². The molecule has 0 bridgehead atoms. The van der Waals surface area contributed by atoms with Crippen molar-refractivity contribution < 1.29 is 8.83 Å².